The van der Waals surface area contributed by atoms with Crippen LogP contribution < -0.4 is 25.2 Å². The topological polar surface area (TPSA) is 234 Å². The molecule has 4 heterocycles. The van der Waals surface area contributed by atoms with Crippen molar-refractivity contribution in [1.29, 1.82) is 0 Å². The van der Waals surface area contributed by atoms with Gasteiger partial charge in [0.2, 0.25) is 11.9 Å². The van der Waals surface area contributed by atoms with Gasteiger partial charge in [-0.3, -0.25) is 10.1 Å². The van der Waals surface area contributed by atoms with Crippen molar-refractivity contribution in [2.24, 2.45) is 0 Å². The number of nitro groups is 1. The molecule has 2 amide bonds. The number of fused-ring (bicyclic) bond motifs is 1. The number of phenolic OH excluding ortho intramolecular Hbond substituents is 1. The highest BCUT2D eigenvalue weighted by Gasteiger charge is 2.31. The number of rotatable bonds is 16. The summed E-state index contributed by atoms with van der Waals surface area (Å²) >= 11 is 0. The van der Waals surface area contributed by atoms with E-state index in [1.54, 1.807) is 33.3 Å². The molecule has 326 valence electrons. The van der Waals surface area contributed by atoms with E-state index in [4.69, 9.17) is 34.1 Å². The van der Waals surface area contributed by atoms with Gasteiger partial charge in [-0.05, 0) is 59.5 Å². The summed E-state index contributed by atoms with van der Waals surface area (Å²) in [6.07, 6.45) is -1.04. The van der Waals surface area contributed by atoms with Gasteiger partial charge < -0.3 is 54.7 Å². The van der Waals surface area contributed by atoms with Gasteiger partial charge in [0.1, 0.15) is 35.2 Å². The highest BCUT2D eigenvalue weighted by molar-refractivity contribution is 5.94. The molecule has 2 aromatic heterocycles. The second kappa shape index (κ2) is 19.4. The van der Waals surface area contributed by atoms with E-state index < -0.39 is 29.3 Å². The van der Waals surface area contributed by atoms with Gasteiger partial charge in [0.05, 0.1) is 24.7 Å². The molecule has 2 aliphatic heterocycles. The number of non-ortho nitro benzene ring substituents is 1. The number of hydrogen-bond acceptors (Lipinski definition) is 17. The van der Waals surface area contributed by atoms with Crippen molar-refractivity contribution < 1.29 is 38.9 Å². The summed E-state index contributed by atoms with van der Waals surface area (Å²) in [7, 11) is 4.75. The fourth-order valence-electron chi connectivity index (χ4n) is 6.86. The molecule has 62 heavy (non-hydrogen) atoms. The van der Waals surface area contributed by atoms with Crippen molar-refractivity contribution in [2.75, 3.05) is 80.9 Å². The lowest BCUT2D eigenvalue weighted by molar-refractivity contribution is -0.384. The molecule has 3 aromatic carbocycles. The van der Waals surface area contributed by atoms with Crippen molar-refractivity contribution in [3.8, 4) is 11.5 Å². The SMILES string of the molecule is COc1ccc(CNc2nc(N3CCC(OC(=O)N(C)CCN(C)C(=O)OCc4ccc([N+](=O)[O-])cc4)C3)nc3c(NCc4ccc(O)cc4)nc(N4CCC(O)C4)nc23)cc1. The van der Waals surface area contributed by atoms with Crippen molar-refractivity contribution in [3.05, 3.63) is 99.6 Å². The standard InChI is InChI=1S/C42H49N11O9/c1-49(41(56)61-26-29-4-10-30(11-5-29)53(58)59)20-21-50(2)42(57)62-34-17-19-52(25-34)40-46-36-35(38(48-40)44-23-28-8-14-33(60-3)15-9-28)45-39(51-18-16-32(55)24-51)47-37(36)43-22-27-6-12-31(54)13-7-27/h4-15,32,34,54-55H,16-26H2,1-3H3,(H,43,45,47)(H,44,46,48). The maximum absolute atomic E-state index is 13.2. The molecule has 4 N–H and O–H groups in total. The first-order valence-corrected chi connectivity index (χ1v) is 20.1. The van der Waals surface area contributed by atoms with Crippen LogP contribution in [0.3, 0.4) is 0 Å². The van der Waals surface area contributed by atoms with Crippen LogP contribution in [-0.2, 0) is 29.2 Å². The van der Waals surface area contributed by atoms with Crippen LogP contribution >= 0.6 is 0 Å². The lowest BCUT2D eigenvalue weighted by Crippen LogP contribution is -2.39. The van der Waals surface area contributed by atoms with Crippen molar-refractivity contribution >= 4 is 52.4 Å². The molecule has 0 aliphatic carbocycles. The number of aromatic hydroxyl groups is 1. The van der Waals surface area contributed by atoms with Gasteiger partial charge in [0.15, 0.2) is 11.6 Å². The molecule has 2 atom stereocenters. The van der Waals surface area contributed by atoms with Crippen LogP contribution in [0.2, 0.25) is 0 Å². The normalized spacial score (nSPS) is 15.9. The largest absolute Gasteiger partial charge is 0.508 e. The van der Waals surface area contributed by atoms with Crippen LogP contribution in [0.25, 0.3) is 11.0 Å². The average Bonchev–Trinajstić information content (AvgIpc) is 3.95. The van der Waals surface area contributed by atoms with Gasteiger partial charge >= 0.3 is 12.2 Å². The Morgan fingerprint density at radius 1 is 0.774 bits per heavy atom. The van der Waals surface area contributed by atoms with Gasteiger partial charge in [-0.15, -0.1) is 0 Å². The lowest BCUT2D eigenvalue weighted by atomic mass is 10.2. The molecule has 2 unspecified atom stereocenters. The molecule has 7 rings (SSSR count). The lowest BCUT2D eigenvalue weighted by Gasteiger charge is -2.23. The second-order valence-corrected chi connectivity index (χ2v) is 15.1. The number of hydrogen-bond donors (Lipinski definition) is 4. The number of likely N-dealkylation sites (N-methyl/N-ethyl adjacent to an activating group) is 2. The molecule has 0 spiro atoms. The number of carbonyl (C=O) groups is 2. The van der Waals surface area contributed by atoms with Crippen molar-refractivity contribution in [1.82, 2.24) is 29.7 Å². The molecular formula is C42H49N11O9. The molecule has 2 aliphatic rings. The summed E-state index contributed by atoms with van der Waals surface area (Å²) in [6, 6.07) is 20.3. The van der Waals surface area contributed by atoms with E-state index in [0.717, 1.165) is 16.9 Å². The minimum atomic E-state index is -0.611. The fraction of sp³-hybridized carbons (Fsp3) is 0.381. The van der Waals surface area contributed by atoms with Crippen LogP contribution in [0.15, 0.2) is 72.8 Å². The number of nitrogens with zero attached hydrogens (tertiary/aromatic N) is 9. The molecule has 0 radical (unpaired) electrons. The summed E-state index contributed by atoms with van der Waals surface area (Å²) in [6.45, 7) is 2.84. The van der Waals surface area contributed by atoms with Gasteiger partial charge in [-0.1, -0.05) is 24.3 Å². The predicted molar refractivity (Wildman–Crippen MR) is 229 cm³/mol. The Morgan fingerprint density at radius 2 is 1.31 bits per heavy atom. The summed E-state index contributed by atoms with van der Waals surface area (Å²) in [5, 5.41) is 38.0. The smallest absolute Gasteiger partial charge is 0.409 e. The molecular weight excluding hydrogens is 803 g/mol. The van der Waals surface area contributed by atoms with Gasteiger partial charge in [-0.2, -0.15) is 9.97 Å². The summed E-state index contributed by atoms with van der Waals surface area (Å²) < 4.78 is 16.6. The number of carbonyl (C=O) groups excluding carboxylic acids is 2. The van der Waals surface area contributed by atoms with E-state index in [9.17, 15) is 29.9 Å². The molecule has 5 aromatic rings. The highest BCUT2D eigenvalue weighted by Crippen LogP contribution is 2.32. The number of benzene rings is 3. The quantitative estimate of drug-likeness (QED) is 0.0774. The predicted octanol–water partition coefficient (Wildman–Crippen LogP) is 4.75. The van der Waals surface area contributed by atoms with E-state index in [0.29, 0.717) is 92.2 Å². The second-order valence-electron chi connectivity index (χ2n) is 15.1. The van der Waals surface area contributed by atoms with E-state index >= 15 is 0 Å². The Bertz CT molecular complexity index is 2350. The third-order valence-corrected chi connectivity index (χ3v) is 10.6. The number of anilines is 4. The highest BCUT2D eigenvalue weighted by atomic mass is 16.6. The van der Waals surface area contributed by atoms with Crippen LogP contribution in [0.5, 0.6) is 11.5 Å². The maximum atomic E-state index is 13.2. The Labute approximate surface area is 357 Å². The molecule has 20 nitrogen and oxygen atoms in total. The zero-order valence-electron chi connectivity index (χ0n) is 34.6. The summed E-state index contributed by atoms with van der Waals surface area (Å²) in [5.74, 6) is 2.63. The molecule has 0 saturated carbocycles. The number of amides is 2. The zero-order valence-corrected chi connectivity index (χ0v) is 34.6. The number of aliphatic hydroxyl groups is 1. The number of nitrogens with one attached hydrogen (secondary N) is 2. The number of aromatic nitrogens is 4. The first kappa shape index (κ1) is 42.9. The first-order valence-electron chi connectivity index (χ1n) is 20.1. The number of aliphatic hydroxyl groups excluding tert-OH is 1. The molecule has 2 fully saturated rings. The van der Waals surface area contributed by atoms with Crippen molar-refractivity contribution in [2.45, 2.75) is 44.7 Å². The third-order valence-electron chi connectivity index (χ3n) is 10.6. The Morgan fingerprint density at radius 3 is 1.85 bits per heavy atom. The molecule has 0 bridgehead atoms. The van der Waals surface area contributed by atoms with Crippen molar-refractivity contribution in [3.63, 3.8) is 0 Å². The minimum absolute atomic E-state index is 0.0577. The molecule has 2 saturated heterocycles. The number of methoxy groups -OCH3 is 1. The van der Waals surface area contributed by atoms with Gasteiger partial charge in [-0.25, -0.2) is 19.6 Å². The van der Waals surface area contributed by atoms with E-state index in [1.807, 2.05) is 46.2 Å². The van der Waals surface area contributed by atoms with Crippen LogP contribution in [0, 0.1) is 10.1 Å². The number of β-amino-alcohol motifs (C(OH)–C–C–N with tert-alkyl or cyclic N) is 1. The minimum Gasteiger partial charge on any atom is -0.508 e. The van der Waals surface area contributed by atoms with E-state index in [1.165, 1.54) is 34.1 Å². The number of ether oxygens (including phenoxy) is 3. The van der Waals surface area contributed by atoms with E-state index in [-0.39, 0.29) is 31.1 Å². The van der Waals surface area contributed by atoms with Gasteiger partial charge in [0, 0.05) is 78.5 Å². The van der Waals surface area contributed by atoms with Crippen LogP contribution in [0.1, 0.15) is 29.5 Å². The summed E-state index contributed by atoms with van der Waals surface area (Å²) in [4.78, 5) is 62.6. The van der Waals surface area contributed by atoms with E-state index in [2.05, 4.69) is 10.6 Å². The average molecular weight is 852 g/mol. The molecule has 20 heteroatoms. The Balaban J connectivity index is 1.05. The maximum Gasteiger partial charge on any atom is 0.409 e. The Hall–Kier alpha value is -7.22. The number of phenols is 1. The zero-order chi connectivity index (χ0) is 43.8. The van der Waals surface area contributed by atoms with Gasteiger partial charge in [0.25, 0.3) is 5.69 Å². The fourth-order valence-corrected chi connectivity index (χ4v) is 6.86. The monoisotopic (exact) mass is 851 g/mol. The van der Waals surface area contributed by atoms with Crippen LogP contribution in [0.4, 0.5) is 38.8 Å². The first-order chi connectivity index (χ1) is 29.9. The third kappa shape index (κ3) is 10.7. The van der Waals surface area contributed by atoms with Crippen LogP contribution in [-0.4, -0.2) is 130 Å². The Kier molecular flexibility index (Phi) is 13.4. The number of nitro benzene ring substituents is 1. The summed E-state index contributed by atoms with van der Waals surface area (Å²) in [5.41, 5.74) is 3.36.